The van der Waals surface area contributed by atoms with Gasteiger partial charge in [-0.2, -0.15) is 0 Å². The molecule has 0 unspecified atom stereocenters. The summed E-state index contributed by atoms with van der Waals surface area (Å²) in [5.74, 6) is 0. The maximum atomic E-state index is 2.47. The average molecular weight is 1090 g/mol. The summed E-state index contributed by atoms with van der Waals surface area (Å²) in [6.45, 7) is 0. The zero-order valence-corrected chi connectivity index (χ0v) is 47.0. The highest BCUT2D eigenvalue weighted by Crippen LogP contribution is 2.49. The molecule has 0 heteroatoms. The van der Waals surface area contributed by atoms with Gasteiger partial charge in [0.2, 0.25) is 0 Å². The molecule has 0 saturated heterocycles. The predicted octanol–water partition coefficient (Wildman–Crippen LogP) is 24.4. The molecule has 0 radical (unpaired) electrons. The fourth-order valence-corrected chi connectivity index (χ4v) is 14.7. The Hall–Kier alpha value is -11.2. The second-order valence-corrected chi connectivity index (χ2v) is 23.4. The second kappa shape index (κ2) is 19.2. The van der Waals surface area contributed by atoms with Crippen LogP contribution in [0.2, 0.25) is 0 Å². The molecule has 0 aliphatic rings. The lowest BCUT2D eigenvalue weighted by Gasteiger charge is -2.20. The quantitative estimate of drug-likeness (QED) is 0.115. The Kier molecular flexibility index (Phi) is 10.8. The van der Waals surface area contributed by atoms with Crippen LogP contribution in [0.15, 0.2) is 315 Å². The van der Waals surface area contributed by atoms with Crippen LogP contribution in [0, 0.1) is 0 Å². The Balaban J connectivity index is 0.820. The summed E-state index contributed by atoms with van der Waals surface area (Å²) < 4.78 is 0. The zero-order valence-electron chi connectivity index (χ0n) is 47.0. The third-order valence-corrected chi connectivity index (χ3v) is 18.7. The molecule has 0 N–H and O–H groups in total. The molecule has 0 nitrogen and oxygen atoms in total. The fraction of sp³-hybridized carbons (Fsp3) is 0. The third kappa shape index (κ3) is 7.63. The van der Waals surface area contributed by atoms with E-state index in [1.807, 2.05) is 0 Å². The molecule has 0 amide bonds. The Morgan fingerprint density at radius 2 is 0.302 bits per heavy atom. The van der Waals surface area contributed by atoms with Crippen molar-refractivity contribution in [3.05, 3.63) is 315 Å². The molecule has 0 spiro atoms. The van der Waals surface area contributed by atoms with Crippen LogP contribution in [0.25, 0.3) is 185 Å². The van der Waals surface area contributed by atoms with Crippen LogP contribution >= 0.6 is 0 Å². The molecule has 18 rings (SSSR count). The Morgan fingerprint density at radius 3 is 0.605 bits per heavy atom. The normalized spacial score (nSPS) is 12.0. The summed E-state index contributed by atoms with van der Waals surface area (Å²) in [7, 11) is 0. The average Bonchev–Trinajstić information content (AvgIpc) is 0.864. The highest BCUT2D eigenvalue weighted by Gasteiger charge is 2.22. The lowest BCUT2D eigenvalue weighted by atomic mass is 9.83. The Bertz CT molecular complexity index is 5520. The third-order valence-electron chi connectivity index (χ3n) is 18.7. The monoisotopic (exact) mass is 1080 g/mol. The molecule has 0 aliphatic carbocycles. The van der Waals surface area contributed by atoms with E-state index < -0.39 is 0 Å². The van der Waals surface area contributed by atoms with Crippen molar-refractivity contribution in [2.24, 2.45) is 0 Å². The first-order chi connectivity index (χ1) is 42.6. The lowest BCUT2D eigenvalue weighted by molar-refractivity contribution is 1.66. The number of hydrogen-bond donors (Lipinski definition) is 0. The topological polar surface area (TPSA) is 0 Å². The van der Waals surface area contributed by atoms with E-state index in [1.54, 1.807) is 0 Å². The maximum Gasteiger partial charge on any atom is -0.00259 e. The first-order valence-corrected chi connectivity index (χ1v) is 29.9. The Morgan fingerprint density at radius 1 is 0.105 bits per heavy atom. The summed E-state index contributed by atoms with van der Waals surface area (Å²) in [5.41, 5.74) is 14.7. The van der Waals surface area contributed by atoms with Crippen molar-refractivity contribution in [1.82, 2.24) is 0 Å². The van der Waals surface area contributed by atoms with E-state index in [2.05, 4.69) is 315 Å². The van der Waals surface area contributed by atoms with E-state index in [0.717, 1.165) is 0 Å². The molecule has 396 valence electrons. The van der Waals surface area contributed by atoms with Gasteiger partial charge in [0, 0.05) is 0 Å². The molecule has 0 fully saturated rings. The van der Waals surface area contributed by atoms with Crippen LogP contribution in [0.4, 0.5) is 0 Å². The van der Waals surface area contributed by atoms with E-state index in [4.69, 9.17) is 0 Å². The number of hydrogen-bond acceptors (Lipinski definition) is 0. The lowest BCUT2D eigenvalue weighted by Crippen LogP contribution is -1.92. The molecule has 0 bridgehead atoms. The van der Waals surface area contributed by atoms with Crippen molar-refractivity contribution >= 4 is 118 Å². The summed E-state index contributed by atoms with van der Waals surface area (Å²) in [5, 5.41) is 27.4. The van der Waals surface area contributed by atoms with Crippen LogP contribution in [0.5, 0.6) is 0 Å². The molecule has 0 atom stereocenters. The van der Waals surface area contributed by atoms with Gasteiger partial charge in [-0.15, -0.1) is 0 Å². The minimum atomic E-state index is 1.19. The summed E-state index contributed by atoms with van der Waals surface area (Å²) in [6.07, 6.45) is 0. The highest BCUT2D eigenvalue weighted by atomic mass is 14.2. The van der Waals surface area contributed by atoms with Crippen molar-refractivity contribution in [1.29, 1.82) is 0 Å². The van der Waals surface area contributed by atoms with Gasteiger partial charge >= 0.3 is 0 Å². The predicted molar refractivity (Wildman–Crippen MR) is 372 cm³/mol. The van der Waals surface area contributed by atoms with Gasteiger partial charge in [0.05, 0.1) is 0 Å². The molecular formula is C86H52. The molecular weight excluding hydrogens is 1030 g/mol. The van der Waals surface area contributed by atoms with Crippen molar-refractivity contribution in [3.8, 4) is 66.8 Å². The SMILES string of the molecule is c1ccc2cc(-c3c4ccccc4c(-c4ccc5ccccc5c4)c4cc(-c5ccc6c7ccc(-c8ccc9c(-c%10ccc%11ccccc%11c%10)c%10ccccc%10c(-c%10ccc%11ccccc%11c%10)c9c8)cc7c7ccccc7c6c5)ccc34)ccc2c1. The van der Waals surface area contributed by atoms with Crippen LogP contribution in [0.3, 0.4) is 0 Å². The van der Waals surface area contributed by atoms with Crippen molar-refractivity contribution in [2.75, 3.05) is 0 Å². The fourth-order valence-electron chi connectivity index (χ4n) is 14.7. The maximum absolute atomic E-state index is 2.47. The van der Waals surface area contributed by atoms with Crippen LogP contribution in [-0.2, 0) is 0 Å². The van der Waals surface area contributed by atoms with Gasteiger partial charge in [0.1, 0.15) is 0 Å². The van der Waals surface area contributed by atoms with Crippen LogP contribution in [0.1, 0.15) is 0 Å². The van der Waals surface area contributed by atoms with Gasteiger partial charge in [-0.05, 0) is 234 Å². The van der Waals surface area contributed by atoms with Crippen LogP contribution in [-0.4, -0.2) is 0 Å². The van der Waals surface area contributed by atoms with E-state index in [9.17, 15) is 0 Å². The molecule has 0 aliphatic heterocycles. The first kappa shape index (κ1) is 48.4. The number of rotatable bonds is 6. The van der Waals surface area contributed by atoms with Crippen LogP contribution < -0.4 is 0 Å². The molecule has 0 heterocycles. The van der Waals surface area contributed by atoms with E-state index in [0.29, 0.717) is 0 Å². The molecule has 18 aromatic rings. The number of fused-ring (bicyclic) bond motifs is 14. The van der Waals surface area contributed by atoms with Crippen molar-refractivity contribution in [2.45, 2.75) is 0 Å². The van der Waals surface area contributed by atoms with Gasteiger partial charge < -0.3 is 0 Å². The molecule has 18 aromatic carbocycles. The van der Waals surface area contributed by atoms with E-state index in [-0.39, 0.29) is 0 Å². The van der Waals surface area contributed by atoms with E-state index in [1.165, 1.54) is 185 Å². The number of benzene rings is 18. The van der Waals surface area contributed by atoms with Gasteiger partial charge in [-0.25, -0.2) is 0 Å². The summed E-state index contributed by atoms with van der Waals surface area (Å²) in [4.78, 5) is 0. The second-order valence-electron chi connectivity index (χ2n) is 23.4. The van der Waals surface area contributed by atoms with E-state index >= 15 is 0 Å². The first-order valence-electron chi connectivity index (χ1n) is 29.9. The molecule has 86 heavy (non-hydrogen) atoms. The smallest absolute Gasteiger partial charge is 0.00259 e. The highest BCUT2D eigenvalue weighted by molar-refractivity contribution is 6.28. The van der Waals surface area contributed by atoms with Gasteiger partial charge in [0.25, 0.3) is 0 Å². The van der Waals surface area contributed by atoms with Gasteiger partial charge in [0.15, 0.2) is 0 Å². The molecule has 0 aromatic heterocycles. The van der Waals surface area contributed by atoms with Crippen molar-refractivity contribution < 1.29 is 0 Å². The minimum Gasteiger partial charge on any atom is -0.0616 e. The standard InChI is InChI=1S/C86H52/c1-5-19-57-45-65(33-29-53(57)15-1)83-73-25-11-13-27-75(73)85(67-35-31-55-17-3-7-21-59(55)47-67)81-51-63(39-43-77(81)83)61-37-41-71-72-42-38-62(50-80(72)70-24-10-9-23-69(70)79(71)49-61)64-40-44-78-82(52-64)86(68-36-32-56-18-4-8-22-60(56)48-68)76-28-14-12-26-74(76)84(78)66-34-30-54-16-2-6-20-58(54)46-66/h1-52H. The largest absolute Gasteiger partial charge is 0.0616 e. The van der Waals surface area contributed by atoms with Crippen molar-refractivity contribution in [3.63, 3.8) is 0 Å². The summed E-state index contributed by atoms with van der Waals surface area (Å²) in [6, 6.07) is 119. The van der Waals surface area contributed by atoms with Gasteiger partial charge in [-0.1, -0.05) is 267 Å². The Labute approximate surface area is 497 Å². The van der Waals surface area contributed by atoms with Gasteiger partial charge in [-0.3, -0.25) is 0 Å². The zero-order chi connectivity index (χ0) is 56.4. The molecule has 0 saturated carbocycles. The summed E-state index contributed by atoms with van der Waals surface area (Å²) >= 11 is 0. The minimum absolute atomic E-state index is 1.19.